The van der Waals surface area contributed by atoms with E-state index < -0.39 is 0 Å². The maximum absolute atomic E-state index is 6.05. The zero-order valence-corrected chi connectivity index (χ0v) is 77.5. The third-order valence-corrected chi connectivity index (χ3v) is 22.5. The quantitative estimate of drug-likeness (QED) is 0.0518. The molecule has 0 atom stereocenters. The largest absolute Gasteiger partial charge is 0.457 e. The van der Waals surface area contributed by atoms with E-state index in [0.29, 0.717) is 0 Å². The number of anilines is 10. The predicted molar refractivity (Wildman–Crippen MR) is 553 cm³/mol. The van der Waals surface area contributed by atoms with E-state index in [2.05, 4.69) is 258 Å². The van der Waals surface area contributed by atoms with Crippen molar-refractivity contribution in [2.75, 3.05) is 59.7 Å². The molecule has 0 heterocycles. The Morgan fingerprint density at radius 2 is 0.316 bits per heavy atom. The van der Waals surface area contributed by atoms with E-state index in [-0.39, 0.29) is 5.41 Å². The first-order valence-electron chi connectivity index (χ1n) is 44.6. The van der Waals surface area contributed by atoms with Gasteiger partial charge >= 0.3 is 0 Å². The van der Waals surface area contributed by atoms with E-state index >= 15 is 0 Å². The van der Waals surface area contributed by atoms with Crippen molar-refractivity contribution in [1.82, 2.24) is 0 Å². The van der Waals surface area contributed by atoms with Crippen molar-refractivity contribution in [3.8, 4) is 80.5 Å². The summed E-state index contributed by atoms with van der Waals surface area (Å²) in [5.74, 6) is 11.1. The second-order valence-electron chi connectivity index (χ2n) is 32.9. The standard InChI is InChI=1S/3C26H23NO2.C23H25N.C20H19NO/c1-20-8-6-12-25(18-20)28-23-14-16-24(17-15-23)29-26-13-7-11-22(19-26)27(2)21-9-4-3-5-10-21;1-20-11-15-23(16-12-20)28-25-9-6-10-26(19-25)29-24-17-13-22(14-18-24)27(2)21-7-4-3-5-8-21;1-20-8-12-23(13-9-20)28-25-16-18-26(19-17-25)29-24-14-10-22(11-15-24)27(2)21-6-4-3-5-7-21;1-18-10-12-19(13-11-18)23(2,3)20-14-16-22(17-15-20)24(4)21-8-6-5-7-9-21;1-16-8-12-19(13-9-16)22-20-14-10-18(11-15-20)21(2)17-6-4-3-5-7-17/h3*3-19H,1-2H3;5-17H,1-4H3;3-15H,1-2H3. The molecule has 664 valence electrons. The molecule has 0 aliphatic heterocycles. The Balaban J connectivity index is 0.000000134. The molecule has 12 nitrogen and oxygen atoms in total. The lowest BCUT2D eigenvalue weighted by Crippen LogP contribution is -2.19. The Labute approximate surface area is 785 Å². The number of hydrogen-bond donors (Lipinski definition) is 0. The Bertz CT molecular complexity index is 6550. The second kappa shape index (κ2) is 46.0. The van der Waals surface area contributed by atoms with Crippen LogP contribution in [-0.2, 0) is 5.41 Å². The van der Waals surface area contributed by atoms with Crippen LogP contribution in [0.25, 0.3) is 0 Å². The SMILES string of the molecule is Cc1ccc(C(C)(C)c2ccc(N(C)c3ccccc3)cc2)cc1.Cc1ccc(Oc2ccc(N(C)c3ccccc3)cc2)cc1.Cc1ccc(Oc2ccc(Oc3ccc(N(C)c4ccccc4)cc3)cc2)cc1.Cc1ccc(Oc2cccc(Oc3ccc(N(C)c4ccccc4)cc3)c2)cc1.Cc1cccc(Oc2ccc(Oc3cccc(N(C)c4ccccc4)c3)cc2)c1. The van der Waals surface area contributed by atoms with Crippen LogP contribution in [-0.4, -0.2) is 35.2 Å². The van der Waals surface area contributed by atoms with Gasteiger partial charge in [0, 0.05) is 110 Å². The molecule has 0 unspecified atom stereocenters. The number of ether oxygens (including phenoxy) is 7. The van der Waals surface area contributed by atoms with Gasteiger partial charge in [0.15, 0.2) is 0 Å². The summed E-state index contributed by atoms with van der Waals surface area (Å²) >= 11 is 0. The van der Waals surface area contributed by atoms with Crippen molar-refractivity contribution >= 4 is 56.9 Å². The first-order chi connectivity index (χ1) is 64.7. The fourth-order valence-electron chi connectivity index (χ4n) is 14.4. The van der Waals surface area contributed by atoms with E-state index in [0.717, 1.165) is 126 Å². The molecule has 0 aliphatic rings. The molecule has 0 amide bonds. The molecule has 0 aliphatic carbocycles. The molecule has 18 rings (SSSR count). The van der Waals surface area contributed by atoms with Crippen LogP contribution in [0, 0.1) is 34.6 Å². The molecular formula is C121H113N5O7. The zero-order chi connectivity index (χ0) is 92.7. The fraction of sp³-hybridized carbons (Fsp3) is 0.107. The van der Waals surface area contributed by atoms with Crippen LogP contribution >= 0.6 is 0 Å². The van der Waals surface area contributed by atoms with Gasteiger partial charge in [-0.3, -0.25) is 0 Å². The van der Waals surface area contributed by atoms with E-state index in [1.807, 2.05) is 317 Å². The molecule has 0 spiro atoms. The van der Waals surface area contributed by atoms with Crippen LogP contribution in [0.4, 0.5) is 56.9 Å². The topological polar surface area (TPSA) is 80.8 Å². The number of hydrogen-bond acceptors (Lipinski definition) is 12. The van der Waals surface area contributed by atoms with E-state index in [1.165, 1.54) is 50.3 Å². The van der Waals surface area contributed by atoms with Crippen LogP contribution < -0.4 is 57.7 Å². The molecule has 12 heteroatoms. The first-order valence-corrected chi connectivity index (χ1v) is 44.6. The molecule has 18 aromatic carbocycles. The van der Waals surface area contributed by atoms with Crippen LogP contribution in [0.1, 0.15) is 52.8 Å². The number of nitrogens with zero attached hydrogens (tertiary/aromatic N) is 5. The number of benzene rings is 18. The van der Waals surface area contributed by atoms with Crippen LogP contribution in [0.2, 0.25) is 0 Å². The Hall–Kier alpha value is -16.4. The molecule has 0 N–H and O–H groups in total. The average molecular weight is 1750 g/mol. The summed E-state index contributed by atoms with van der Waals surface area (Å²) in [6, 6.07) is 157. The summed E-state index contributed by atoms with van der Waals surface area (Å²) in [4.78, 5) is 10.8. The molecule has 0 bridgehead atoms. The third kappa shape index (κ3) is 27.3. The minimum Gasteiger partial charge on any atom is -0.457 e. The first kappa shape index (κ1) is 92.7. The number of aryl methyl sites for hydroxylation is 5. The van der Waals surface area contributed by atoms with Gasteiger partial charge in [0.05, 0.1) is 0 Å². The lowest BCUT2D eigenvalue weighted by Gasteiger charge is -2.27. The highest BCUT2D eigenvalue weighted by molar-refractivity contribution is 5.68. The zero-order valence-electron chi connectivity index (χ0n) is 77.5. The molecule has 0 saturated carbocycles. The van der Waals surface area contributed by atoms with E-state index in [1.54, 1.807) is 0 Å². The normalized spacial score (nSPS) is 10.6. The van der Waals surface area contributed by atoms with Gasteiger partial charge in [-0.15, -0.1) is 0 Å². The molecule has 0 aromatic heterocycles. The van der Waals surface area contributed by atoms with Crippen LogP contribution in [0.5, 0.6) is 80.5 Å². The van der Waals surface area contributed by atoms with E-state index in [4.69, 9.17) is 33.2 Å². The molecule has 0 fully saturated rings. The summed E-state index contributed by atoms with van der Waals surface area (Å²) in [6.45, 7) is 14.9. The summed E-state index contributed by atoms with van der Waals surface area (Å²) < 4.78 is 41.6. The number of rotatable bonds is 26. The Kier molecular flexibility index (Phi) is 32.1. The van der Waals surface area contributed by atoms with Gasteiger partial charge in [0.2, 0.25) is 0 Å². The summed E-state index contributed by atoms with van der Waals surface area (Å²) in [5, 5.41) is 0. The maximum Gasteiger partial charge on any atom is 0.131 e. The Morgan fingerprint density at radius 3 is 0.579 bits per heavy atom. The van der Waals surface area contributed by atoms with E-state index in [9.17, 15) is 0 Å². The van der Waals surface area contributed by atoms with Gasteiger partial charge < -0.3 is 57.7 Å². The predicted octanol–water partition coefficient (Wildman–Crippen LogP) is 33.7. The highest BCUT2D eigenvalue weighted by Gasteiger charge is 2.24. The minimum atomic E-state index is -0.00243. The molecule has 133 heavy (non-hydrogen) atoms. The maximum atomic E-state index is 6.05. The van der Waals surface area contributed by atoms with Crippen molar-refractivity contribution in [2.45, 2.75) is 53.9 Å². The van der Waals surface area contributed by atoms with Crippen molar-refractivity contribution in [2.24, 2.45) is 0 Å². The Morgan fingerprint density at radius 1 is 0.143 bits per heavy atom. The number of para-hydroxylation sites is 5. The lowest BCUT2D eigenvalue weighted by atomic mass is 9.78. The smallest absolute Gasteiger partial charge is 0.131 e. The fourth-order valence-corrected chi connectivity index (χ4v) is 14.4. The highest BCUT2D eigenvalue weighted by Crippen LogP contribution is 2.39. The van der Waals surface area contributed by atoms with Gasteiger partial charge in [-0.1, -0.05) is 224 Å². The highest BCUT2D eigenvalue weighted by atomic mass is 16.5. The summed E-state index contributed by atoms with van der Waals surface area (Å²) in [7, 11) is 10.3. The van der Waals surface area contributed by atoms with Crippen molar-refractivity contribution in [3.63, 3.8) is 0 Å². The molecule has 0 radical (unpaired) electrons. The summed E-state index contributed by atoms with van der Waals surface area (Å²) in [6.07, 6.45) is 0. The second-order valence-corrected chi connectivity index (χ2v) is 32.9. The van der Waals surface area contributed by atoms with Gasteiger partial charge in [0.25, 0.3) is 0 Å². The van der Waals surface area contributed by atoms with Crippen molar-refractivity contribution < 1.29 is 33.2 Å². The van der Waals surface area contributed by atoms with Crippen molar-refractivity contribution in [1.29, 1.82) is 0 Å². The van der Waals surface area contributed by atoms with Gasteiger partial charge in [-0.05, 0) is 318 Å². The lowest BCUT2D eigenvalue weighted by molar-refractivity contribution is 0.460. The molecular weight excluding hydrogens is 1640 g/mol. The van der Waals surface area contributed by atoms with Crippen molar-refractivity contribution in [3.05, 3.63) is 506 Å². The molecule has 0 saturated heterocycles. The van der Waals surface area contributed by atoms with Crippen LogP contribution in [0.3, 0.4) is 0 Å². The third-order valence-electron chi connectivity index (χ3n) is 22.5. The van der Waals surface area contributed by atoms with Gasteiger partial charge in [0.1, 0.15) is 80.5 Å². The average Bonchev–Trinajstić information content (AvgIpc) is 0.792. The van der Waals surface area contributed by atoms with Gasteiger partial charge in [-0.2, -0.15) is 0 Å². The van der Waals surface area contributed by atoms with Gasteiger partial charge in [-0.25, -0.2) is 0 Å². The molecule has 18 aromatic rings. The summed E-state index contributed by atoms with van der Waals surface area (Å²) in [5.41, 5.74) is 20.1. The van der Waals surface area contributed by atoms with Crippen LogP contribution in [0.15, 0.2) is 467 Å². The minimum absolute atomic E-state index is 0.00243. The monoisotopic (exact) mass is 1750 g/mol.